The average Bonchev–Trinajstić information content (AvgIpc) is 3.26. The molecule has 0 saturated carbocycles. The lowest BCUT2D eigenvalue weighted by Crippen LogP contribution is -2.04. The van der Waals surface area contributed by atoms with Gasteiger partial charge < -0.3 is 0 Å². The van der Waals surface area contributed by atoms with Gasteiger partial charge in [-0.2, -0.15) is 9.61 Å². The second kappa shape index (κ2) is 7.43. The molecule has 0 unspecified atom stereocenters. The van der Waals surface area contributed by atoms with Crippen molar-refractivity contribution in [2.75, 3.05) is 0 Å². The third-order valence-electron chi connectivity index (χ3n) is 3.74. The number of pyridine rings is 1. The van der Waals surface area contributed by atoms with Gasteiger partial charge in [0.1, 0.15) is 5.03 Å². The van der Waals surface area contributed by atoms with Crippen molar-refractivity contribution >= 4 is 17.4 Å². The highest BCUT2D eigenvalue weighted by Crippen LogP contribution is 2.29. The van der Waals surface area contributed by atoms with Crippen LogP contribution in [0.5, 0.6) is 0 Å². The second-order valence-corrected chi connectivity index (χ2v) is 6.98. The molecule has 0 aliphatic carbocycles. The molecule has 4 aromatic rings. The molecule has 4 rings (SSSR count). The first-order chi connectivity index (χ1) is 13.5. The monoisotopic (exact) mass is 400 g/mol. The summed E-state index contributed by atoms with van der Waals surface area (Å²) in [4.78, 5) is 4.02. The molecule has 28 heavy (non-hydrogen) atoms. The summed E-state index contributed by atoms with van der Waals surface area (Å²) in [7, 11) is 0. The van der Waals surface area contributed by atoms with Gasteiger partial charge in [0.15, 0.2) is 16.6 Å². The molecule has 4 heterocycles. The zero-order valence-electron chi connectivity index (χ0n) is 14.7. The molecular formula is C17H14F2N8S. The number of halogens is 2. The summed E-state index contributed by atoms with van der Waals surface area (Å²) in [6.45, 7) is 6.37. The SMILES string of the molecule is C=C(C)Cn1c(Sc2ccc3nnc(C(F)F)n3n2)nnc1-c1ccncc1. The van der Waals surface area contributed by atoms with E-state index in [1.807, 2.05) is 23.6 Å². The maximum absolute atomic E-state index is 13.1. The highest BCUT2D eigenvalue weighted by Gasteiger charge is 2.19. The van der Waals surface area contributed by atoms with E-state index in [1.165, 1.54) is 11.8 Å². The fourth-order valence-electron chi connectivity index (χ4n) is 2.56. The molecule has 0 saturated heterocycles. The maximum atomic E-state index is 13.1. The number of hydrogen-bond donors (Lipinski definition) is 0. The molecule has 11 heteroatoms. The van der Waals surface area contributed by atoms with Gasteiger partial charge in [0, 0.05) is 24.5 Å². The van der Waals surface area contributed by atoms with Crippen molar-refractivity contribution in [2.45, 2.75) is 30.1 Å². The van der Waals surface area contributed by atoms with Crippen LogP contribution in [-0.4, -0.2) is 39.6 Å². The number of rotatable bonds is 6. The Morgan fingerprint density at radius 1 is 1.11 bits per heavy atom. The standard InChI is InChI=1S/C17H14F2N8S/c1-10(2)9-26-15(11-5-7-20-8-6-11)22-24-17(26)28-13-4-3-12-21-23-16(14(18)19)27(12)25-13/h3-8,14H,1,9H2,2H3. The molecule has 0 bridgehead atoms. The fraction of sp³-hybridized carbons (Fsp3) is 0.176. The van der Waals surface area contributed by atoms with E-state index in [0.29, 0.717) is 22.6 Å². The molecule has 0 atom stereocenters. The lowest BCUT2D eigenvalue weighted by atomic mass is 10.2. The molecule has 0 spiro atoms. The predicted molar refractivity (Wildman–Crippen MR) is 97.9 cm³/mol. The van der Waals surface area contributed by atoms with E-state index in [9.17, 15) is 8.78 Å². The van der Waals surface area contributed by atoms with Crippen LogP contribution in [0.3, 0.4) is 0 Å². The molecule has 0 aliphatic heterocycles. The topological polar surface area (TPSA) is 86.7 Å². The molecule has 0 aliphatic rings. The average molecular weight is 400 g/mol. The molecule has 142 valence electrons. The molecular weight excluding hydrogens is 386 g/mol. The van der Waals surface area contributed by atoms with Crippen molar-refractivity contribution in [3.8, 4) is 11.4 Å². The minimum Gasteiger partial charge on any atom is -0.298 e. The smallest absolute Gasteiger partial charge is 0.298 e. The van der Waals surface area contributed by atoms with Crippen molar-refractivity contribution in [2.24, 2.45) is 0 Å². The van der Waals surface area contributed by atoms with Crippen molar-refractivity contribution in [1.29, 1.82) is 0 Å². The van der Waals surface area contributed by atoms with Gasteiger partial charge in [0.2, 0.25) is 5.82 Å². The predicted octanol–water partition coefficient (Wildman–Crippen LogP) is 3.44. The number of alkyl halides is 2. The summed E-state index contributed by atoms with van der Waals surface area (Å²) in [5, 5.41) is 21.0. The van der Waals surface area contributed by atoms with E-state index >= 15 is 0 Å². The normalized spacial score (nSPS) is 11.4. The largest absolute Gasteiger partial charge is 0.299 e. The first kappa shape index (κ1) is 18.2. The van der Waals surface area contributed by atoms with Crippen LogP contribution in [0.25, 0.3) is 17.0 Å². The number of allylic oxidation sites excluding steroid dienone is 1. The molecule has 0 aromatic carbocycles. The minimum absolute atomic E-state index is 0.250. The lowest BCUT2D eigenvalue weighted by Gasteiger charge is -2.09. The third-order valence-corrected chi connectivity index (χ3v) is 4.65. The van der Waals surface area contributed by atoms with Crippen LogP contribution >= 0.6 is 11.8 Å². The van der Waals surface area contributed by atoms with Gasteiger partial charge in [0.25, 0.3) is 6.43 Å². The van der Waals surface area contributed by atoms with Gasteiger partial charge in [-0.05, 0) is 43.0 Å². The lowest BCUT2D eigenvalue weighted by molar-refractivity contribution is 0.137. The summed E-state index contributed by atoms with van der Waals surface area (Å²) < 4.78 is 29.1. The van der Waals surface area contributed by atoms with Crippen molar-refractivity contribution < 1.29 is 8.78 Å². The van der Waals surface area contributed by atoms with Crippen molar-refractivity contribution in [3.63, 3.8) is 0 Å². The zero-order chi connectivity index (χ0) is 19.7. The highest BCUT2D eigenvalue weighted by atomic mass is 32.2. The minimum atomic E-state index is -2.77. The molecule has 0 N–H and O–H groups in total. The van der Waals surface area contributed by atoms with E-state index in [1.54, 1.807) is 24.5 Å². The van der Waals surface area contributed by atoms with E-state index in [2.05, 4.69) is 37.1 Å². The van der Waals surface area contributed by atoms with Crippen molar-refractivity contribution in [3.05, 3.63) is 54.6 Å². The van der Waals surface area contributed by atoms with Gasteiger partial charge in [-0.15, -0.1) is 20.4 Å². The van der Waals surface area contributed by atoms with Crippen LogP contribution in [-0.2, 0) is 6.54 Å². The van der Waals surface area contributed by atoms with Gasteiger partial charge >= 0.3 is 0 Å². The van der Waals surface area contributed by atoms with Crippen LogP contribution in [0, 0.1) is 0 Å². The van der Waals surface area contributed by atoms with Gasteiger partial charge in [-0.25, -0.2) is 8.78 Å². The highest BCUT2D eigenvalue weighted by molar-refractivity contribution is 7.99. The fourth-order valence-corrected chi connectivity index (χ4v) is 3.35. The molecule has 0 radical (unpaired) electrons. The Morgan fingerprint density at radius 3 is 2.61 bits per heavy atom. The Kier molecular flexibility index (Phi) is 4.82. The zero-order valence-corrected chi connectivity index (χ0v) is 15.5. The molecule has 8 nitrogen and oxygen atoms in total. The van der Waals surface area contributed by atoms with E-state index in [4.69, 9.17) is 0 Å². The quantitative estimate of drug-likeness (QED) is 0.458. The first-order valence-corrected chi connectivity index (χ1v) is 9.01. The molecule has 0 amide bonds. The number of nitrogens with zero attached hydrogens (tertiary/aromatic N) is 8. The maximum Gasteiger partial charge on any atom is 0.299 e. The Balaban J connectivity index is 1.73. The van der Waals surface area contributed by atoms with E-state index in [-0.39, 0.29) is 5.65 Å². The first-order valence-electron chi connectivity index (χ1n) is 8.19. The van der Waals surface area contributed by atoms with Crippen LogP contribution in [0.2, 0.25) is 0 Å². The van der Waals surface area contributed by atoms with Crippen LogP contribution in [0.1, 0.15) is 19.2 Å². The van der Waals surface area contributed by atoms with Gasteiger partial charge in [0.05, 0.1) is 0 Å². The number of hydrogen-bond acceptors (Lipinski definition) is 7. The molecule has 0 fully saturated rings. The van der Waals surface area contributed by atoms with Gasteiger partial charge in [-0.1, -0.05) is 12.2 Å². The van der Waals surface area contributed by atoms with Crippen LogP contribution in [0.4, 0.5) is 8.78 Å². The summed E-state index contributed by atoms with van der Waals surface area (Å²) in [6, 6.07) is 6.93. The number of aromatic nitrogens is 8. The summed E-state index contributed by atoms with van der Waals surface area (Å²) in [5.41, 5.74) is 2.03. The van der Waals surface area contributed by atoms with E-state index < -0.39 is 12.2 Å². The number of fused-ring (bicyclic) bond motifs is 1. The van der Waals surface area contributed by atoms with Crippen LogP contribution in [0.15, 0.2) is 59.0 Å². The summed E-state index contributed by atoms with van der Waals surface area (Å²) in [5.74, 6) is 0.157. The third kappa shape index (κ3) is 3.48. The summed E-state index contributed by atoms with van der Waals surface area (Å²) >= 11 is 1.21. The Labute approximate surface area is 162 Å². The van der Waals surface area contributed by atoms with Crippen molar-refractivity contribution in [1.82, 2.24) is 39.6 Å². The summed E-state index contributed by atoms with van der Waals surface area (Å²) in [6.07, 6.45) is 0.582. The Morgan fingerprint density at radius 2 is 1.89 bits per heavy atom. The Bertz CT molecular complexity index is 1140. The van der Waals surface area contributed by atoms with E-state index in [0.717, 1.165) is 15.7 Å². The Hall–Kier alpha value is -3.21. The van der Waals surface area contributed by atoms with Gasteiger partial charge in [-0.3, -0.25) is 9.55 Å². The second-order valence-electron chi connectivity index (χ2n) is 5.99. The van der Waals surface area contributed by atoms with Crippen LogP contribution < -0.4 is 0 Å². The molecule has 4 aromatic heterocycles.